The number of H-pyrrole nitrogens is 1. The van der Waals surface area contributed by atoms with Crippen LogP contribution in [-0.4, -0.2) is 23.8 Å². The van der Waals surface area contributed by atoms with Gasteiger partial charge in [-0.15, -0.1) is 0 Å². The second-order valence-electron chi connectivity index (χ2n) is 3.80. The van der Waals surface area contributed by atoms with Gasteiger partial charge in [-0.1, -0.05) is 13.8 Å². The molecule has 0 aliphatic rings. The first-order valence-electron chi connectivity index (χ1n) is 4.84. The molecule has 82 valence electrons. The Morgan fingerprint density at radius 2 is 1.93 bits per heavy atom. The zero-order chi connectivity index (χ0) is 11.4. The van der Waals surface area contributed by atoms with Gasteiger partial charge in [0.25, 0.3) is 0 Å². The van der Waals surface area contributed by atoms with Crippen LogP contribution in [0, 0.1) is 5.92 Å². The Balaban J connectivity index is 2.90. The summed E-state index contributed by atoms with van der Waals surface area (Å²) >= 11 is 0. The van der Waals surface area contributed by atoms with Gasteiger partial charge in [-0.05, 0) is 5.92 Å². The third-order valence-corrected chi connectivity index (χ3v) is 2.04. The van der Waals surface area contributed by atoms with Crippen LogP contribution in [0.4, 0.5) is 0 Å². The molecule has 0 saturated heterocycles. The number of hydrogen-bond acceptors (Lipinski definition) is 3. The molecule has 0 aromatic carbocycles. The fraction of sp³-hybridized carbons (Fsp3) is 0.455. The maximum absolute atomic E-state index is 11.7. The van der Waals surface area contributed by atoms with Gasteiger partial charge < -0.3 is 9.72 Å². The zero-order valence-corrected chi connectivity index (χ0v) is 9.16. The molecule has 0 atom stereocenters. The van der Waals surface area contributed by atoms with E-state index in [0.29, 0.717) is 17.5 Å². The molecule has 0 unspecified atom stereocenters. The largest absolute Gasteiger partial charge is 0.465 e. The molecule has 15 heavy (non-hydrogen) atoms. The van der Waals surface area contributed by atoms with Crippen molar-refractivity contribution in [1.29, 1.82) is 0 Å². The number of Topliss-reactive ketones (excluding diaryl/α,β-unsaturated/α-hetero) is 1. The van der Waals surface area contributed by atoms with E-state index in [1.807, 2.05) is 13.8 Å². The fourth-order valence-corrected chi connectivity index (χ4v) is 1.35. The summed E-state index contributed by atoms with van der Waals surface area (Å²) in [5.41, 5.74) is 0.721. The minimum absolute atomic E-state index is 0.0355. The van der Waals surface area contributed by atoms with Crippen molar-refractivity contribution in [3.8, 4) is 0 Å². The topological polar surface area (TPSA) is 59.2 Å². The summed E-state index contributed by atoms with van der Waals surface area (Å²) in [5.74, 6) is -0.243. The summed E-state index contributed by atoms with van der Waals surface area (Å²) in [4.78, 5) is 25.8. The fourth-order valence-electron chi connectivity index (χ4n) is 1.35. The Bertz CT molecular complexity index is 366. The van der Waals surface area contributed by atoms with Crippen molar-refractivity contribution in [2.24, 2.45) is 5.92 Å². The summed E-state index contributed by atoms with van der Waals surface area (Å²) in [5, 5.41) is 0. The first kappa shape index (κ1) is 11.5. The van der Waals surface area contributed by atoms with Crippen molar-refractivity contribution in [3.05, 3.63) is 23.5 Å². The predicted molar refractivity (Wildman–Crippen MR) is 55.9 cm³/mol. The number of ketones is 1. The van der Waals surface area contributed by atoms with Gasteiger partial charge in [0.1, 0.15) is 0 Å². The molecule has 4 heteroatoms. The van der Waals surface area contributed by atoms with Crippen molar-refractivity contribution in [1.82, 2.24) is 4.98 Å². The minimum Gasteiger partial charge on any atom is -0.465 e. The average Bonchev–Trinajstić information content (AvgIpc) is 2.63. The molecule has 0 radical (unpaired) electrons. The molecule has 0 aliphatic carbocycles. The molecular formula is C11H15NO3. The van der Waals surface area contributed by atoms with Crippen LogP contribution < -0.4 is 0 Å². The number of hydrogen-bond donors (Lipinski definition) is 1. The van der Waals surface area contributed by atoms with E-state index in [1.165, 1.54) is 19.5 Å². The van der Waals surface area contributed by atoms with Crippen LogP contribution in [0.15, 0.2) is 12.4 Å². The van der Waals surface area contributed by atoms with E-state index in [1.54, 1.807) is 0 Å². The summed E-state index contributed by atoms with van der Waals surface area (Å²) in [6, 6.07) is 0. The number of aromatic amines is 1. The molecule has 1 N–H and O–H groups in total. The van der Waals surface area contributed by atoms with Gasteiger partial charge in [0.05, 0.1) is 12.7 Å². The van der Waals surface area contributed by atoms with Crippen molar-refractivity contribution >= 4 is 11.8 Å². The van der Waals surface area contributed by atoms with Crippen LogP contribution in [0.25, 0.3) is 0 Å². The molecule has 4 nitrogen and oxygen atoms in total. The SMILES string of the molecule is COC(=O)c1c[nH]cc1C(=O)CC(C)C. The average molecular weight is 209 g/mol. The highest BCUT2D eigenvalue weighted by molar-refractivity contribution is 6.06. The normalized spacial score (nSPS) is 10.4. The second kappa shape index (κ2) is 4.77. The maximum Gasteiger partial charge on any atom is 0.340 e. The summed E-state index contributed by atoms with van der Waals surface area (Å²) in [7, 11) is 1.30. The molecular weight excluding hydrogens is 194 g/mol. The van der Waals surface area contributed by atoms with Crippen LogP contribution >= 0.6 is 0 Å². The lowest BCUT2D eigenvalue weighted by atomic mass is 10.0. The Kier molecular flexibility index (Phi) is 3.66. The molecule has 0 amide bonds. The number of rotatable bonds is 4. The number of esters is 1. The van der Waals surface area contributed by atoms with E-state index < -0.39 is 5.97 Å². The third-order valence-electron chi connectivity index (χ3n) is 2.04. The molecule has 1 heterocycles. The highest BCUT2D eigenvalue weighted by Crippen LogP contribution is 2.14. The predicted octanol–water partition coefficient (Wildman–Crippen LogP) is 2.03. The van der Waals surface area contributed by atoms with E-state index >= 15 is 0 Å². The first-order chi connectivity index (χ1) is 7.06. The van der Waals surface area contributed by atoms with E-state index in [2.05, 4.69) is 9.72 Å². The van der Waals surface area contributed by atoms with Gasteiger partial charge in [0.15, 0.2) is 5.78 Å². The quantitative estimate of drug-likeness (QED) is 0.609. The van der Waals surface area contributed by atoms with Gasteiger partial charge in [-0.2, -0.15) is 0 Å². The van der Waals surface area contributed by atoms with E-state index in [0.717, 1.165) is 0 Å². The Morgan fingerprint density at radius 1 is 1.33 bits per heavy atom. The van der Waals surface area contributed by atoms with Crippen LogP contribution in [-0.2, 0) is 4.74 Å². The monoisotopic (exact) mass is 209 g/mol. The van der Waals surface area contributed by atoms with Crippen molar-refractivity contribution in [2.45, 2.75) is 20.3 Å². The number of carbonyl (C=O) groups excluding carboxylic acids is 2. The molecule has 0 spiro atoms. The van der Waals surface area contributed by atoms with Crippen LogP contribution in [0.5, 0.6) is 0 Å². The second-order valence-corrected chi connectivity index (χ2v) is 3.80. The van der Waals surface area contributed by atoms with Gasteiger partial charge in [0.2, 0.25) is 0 Å². The lowest BCUT2D eigenvalue weighted by molar-refractivity contribution is 0.0597. The van der Waals surface area contributed by atoms with Crippen LogP contribution in [0.1, 0.15) is 41.0 Å². The van der Waals surface area contributed by atoms with Gasteiger partial charge >= 0.3 is 5.97 Å². The third kappa shape index (κ3) is 2.68. The number of aromatic nitrogens is 1. The molecule has 1 aromatic heterocycles. The van der Waals surface area contributed by atoms with Crippen molar-refractivity contribution in [2.75, 3.05) is 7.11 Å². The molecule has 0 saturated carbocycles. The smallest absolute Gasteiger partial charge is 0.340 e. The van der Waals surface area contributed by atoms with Crippen molar-refractivity contribution in [3.63, 3.8) is 0 Å². The maximum atomic E-state index is 11.7. The number of methoxy groups -OCH3 is 1. The Labute approximate surface area is 88.6 Å². The zero-order valence-electron chi connectivity index (χ0n) is 9.16. The first-order valence-corrected chi connectivity index (χ1v) is 4.84. The van der Waals surface area contributed by atoms with E-state index in [4.69, 9.17) is 0 Å². The minimum atomic E-state index is -0.483. The highest BCUT2D eigenvalue weighted by atomic mass is 16.5. The number of carbonyl (C=O) groups is 2. The lowest BCUT2D eigenvalue weighted by Gasteiger charge is -2.03. The molecule has 1 aromatic rings. The van der Waals surface area contributed by atoms with E-state index in [-0.39, 0.29) is 11.7 Å². The Morgan fingerprint density at radius 3 is 2.47 bits per heavy atom. The molecule has 0 bridgehead atoms. The number of nitrogens with one attached hydrogen (secondary N) is 1. The highest BCUT2D eigenvalue weighted by Gasteiger charge is 2.18. The standard InChI is InChI=1S/C11H15NO3/c1-7(2)4-10(13)8-5-12-6-9(8)11(14)15-3/h5-7,12H,4H2,1-3H3. The summed E-state index contributed by atoms with van der Waals surface area (Å²) in [6.07, 6.45) is 3.46. The summed E-state index contributed by atoms with van der Waals surface area (Å²) in [6.45, 7) is 3.92. The summed E-state index contributed by atoms with van der Waals surface area (Å²) < 4.78 is 4.58. The lowest BCUT2D eigenvalue weighted by Crippen LogP contribution is -2.09. The molecule has 1 rings (SSSR count). The van der Waals surface area contributed by atoms with Crippen molar-refractivity contribution < 1.29 is 14.3 Å². The van der Waals surface area contributed by atoms with Gasteiger partial charge in [0, 0.05) is 24.4 Å². The van der Waals surface area contributed by atoms with Crippen LogP contribution in [0.3, 0.4) is 0 Å². The molecule has 0 fully saturated rings. The van der Waals surface area contributed by atoms with E-state index in [9.17, 15) is 9.59 Å². The number of ether oxygens (including phenoxy) is 1. The Hall–Kier alpha value is -1.58. The van der Waals surface area contributed by atoms with Crippen LogP contribution in [0.2, 0.25) is 0 Å². The van der Waals surface area contributed by atoms with Gasteiger partial charge in [-0.25, -0.2) is 4.79 Å². The molecule has 0 aliphatic heterocycles. The van der Waals surface area contributed by atoms with Gasteiger partial charge in [-0.3, -0.25) is 4.79 Å².